The molecule has 2 rings (SSSR count). The molecule has 0 unspecified atom stereocenters. The van der Waals surface area contributed by atoms with Gasteiger partial charge in [-0.25, -0.2) is 4.68 Å². The molecule has 0 aliphatic heterocycles. The van der Waals surface area contributed by atoms with E-state index in [4.69, 9.17) is 11.6 Å². The molecule has 0 atom stereocenters. The van der Waals surface area contributed by atoms with Crippen molar-refractivity contribution in [1.82, 2.24) is 15.0 Å². The minimum atomic E-state index is 0.101. The van der Waals surface area contributed by atoms with Gasteiger partial charge in [0.1, 0.15) is 11.4 Å². The largest absolute Gasteiger partial charge is 0.296 e. The van der Waals surface area contributed by atoms with E-state index in [1.807, 2.05) is 26.0 Å². The molecule has 2 aromatic rings. The first kappa shape index (κ1) is 11.8. The van der Waals surface area contributed by atoms with E-state index in [0.717, 1.165) is 11.8 Å². The summed E-state index contributed by atoms with van der Waals surface area (Å²) < 4.78 is 1.61. The molecule has 0 bridgehead atoms. The Morgan fingerprint density at radius 2 is 1.94 bits per heavy atom. The maximum atomic E-state index is 11.1. The Balaban J connectivity index is 2.52. The van der Waals surface area contributed by atoms with E-state index in [9.17, 15) is 4.79 Å². The molecule has 1 aromatic carbocycles. The quantitative estimate of drug-likeness (QED) is 0.786. The number of carbonyl (C=O) groups is 1. The highest BCUT2D eigenvalue weighted by atomic mass is 35.5. The number of hydrogen-bond donors (Lipinski definition) is 0. The molecule has 0 radical (unpaired) electrons. The van der Waals surface area contributed by atoms with E-state index in [1.54, 1.807) is 16.8 Å². The van der Waals surface area contributed by atoms with Crippen LogP contribution in [0.15, 0.2) is 24.3 Å². The van der Waals surface area contributed by atoms with Crippen LogP contribution in [0.3, 0.4) is 0 Å². The van der Waals surface area contributed by atoms with E-state index in [-0.39, 0.29) is 6.04 Å². The van der Waals surface area contributed by atoms with Gasteiger partial charge in [-0.3, -0.25) is 4.79 Å². The van der Waals surface area contributed by atoms with Crippen molar-refractivity contribution in [2.24, 2.45) is 0 Å². The summed E-state index contributed by atoms with van der Waals surface area (Å²) in [7, 11) is 0. The lowest BCUT2D eigenvalue weighted by atomic mass is 10.1. The summed E-state index contributed by atoms with van der Waals surface area (Å²) in [6.07, 6.45) is 0.782. The minimum absolute atomic E-state index is 0.101. The first-order valence-corrected chi connectivity index (χ1v) is 5.67. The van der Waals surface area contributed by atoms with E-state index in [1.165, 1.54) is 0 Å². The zero-order valence-electron chi connectivity index (χ0n) is 9.59. The molecule has 1 heterocycles. The van der Waals surface area contributed by atoms with Crippen molar-refractivity contribution in [3.63, 3.8) is 0 Å². The summed E-state index contributed by atoms with van der Waals surface area (Å²) in [5.74, 6) is 0. The number of hydrogen-bond acceptors (Lipinski definition) is 3. The van der Waals surface area contributed by atoms with Crippen LogP contribution in [0.4, 0.5) is 0 Å². The van der Waals surface area contributed by atoms with Gasteiger partial charge in [-0.2, -0.15) is 0 Å². The van der Waals surface area contributed by atoms with Crippen LogP contribution < -0.4 is 0 Å². The third kappa shape index (κ3) is 2.22. The zero-order chi connectivity index (χ0) is 12.4. The second kappa shape index (κ2) is 4.67. The summed E-state index contributed by atoms with van der Waals surface area (Å²) in [6.45, 7) is 3.90. The second-order valence-corrected chi connectivity index (χ2v) is 4.42. The SMILES string of the molecule is CC(C)n1nnc(-c2ccc(Cl)cc2)c1C=O. The van der Waals surface area contributed by atoms with E-state index in [2.05, 4.69) is 10.3 Å². The Morgan fingerprint density at radius 3 is 2.47 bits per heavy atom. The van der Waals surface area contributed by atoms with Gasteiger partial charge in [-0.1, -0.05) is 28.9 Å². The fourth-order valence-electron chi connectivity index (χ4n) is 1.61. The average molecular weight is 250 g/mol. The summed E-state index contributed by atoms with van der Waals surface area (Å²) in [5, 5.41) is 8.69. The van der Waals surface area contributed by atoms with Crippen LogP contribution in [0.2, 0.25) is 5.02 Å². The van der Waals surface area contributed by atoms with Gasteiger partial charge < -0.3 is 0 Å². The van der Waals surface area contributed by atoms with Crippen LogP contribution in [-0.2, 0) is 0 Å². The van der Waals surface area contributed by atoms with Crippen LogP contribution in [0.1, 0.15) is 30.4 Å². The number of benzene rings is 1. The van der Waals surface area contributed by atoms with Crippen LogP contribution in [-0.4, -0.2) is 21.3 Å². The summed E-state index contributed by atoms with van der Waals surface area (Å²) in [4.78, 5) is 11.1. The van der Waals surface area contributed by atoms with Gasteiger partial charge >= 0.3 is 0 Å². The Kier molecular flexibility index (Phi) is 3.24. The highest BCUT2D eigenvalue weighted by Crippen LogP contribution is 2.23. The van der Waals surface area contributed by atoms with Gasteiger partial charge in [-0.05, 0) is 26.0 Å². The van der Waals surface area contributed by atoms with Crippen LogP contribution in [0.5, 0.6) is 0 Å². The Morgan fingerprint density at radius 1 is 1.29 bits per heavy atom. The van der Waals surface area contributed by atoms with Gasteiger partial charge in [-0.15, -0.1) is 5.10 Å². The standard InChI is InChI=1S/C12H12ClN3O/c1-8(2)16-11(7-17)12(14-15-16)9-3-5-10(13)6-4-9/h3-8H,1-2H3. The predicted octanol–water partition coefficient (Wildman–Crippen LogP) is 2.99. The first-order valence-electron chi connectivity index (χ1n) is 5.29. The maximum Gasteiger partial charge on any atom is 0.170 e. The van der Waals surface area contributed by atoms with Crippen LogP contribution >= 0.6 is 11.6 Å². The number of aromatic nitrogens is 3. The van der Waals surface area contributed by atoms with E-state index in [0.29, 0.717) is 16.4 Å². The van der Waals surface area contributed by atoms with E-state index < -0.39 is 0 Å². The molecule has 88 valence electrons. The van der Waals surface area contributed by atoms with Gasteiger partial charge in [0, 0.05) is 16.6 Å². The molecular weight excluding hydrogens is 238 g/mol. The Hall–Kier alpha value is -1.68. The van der Waals surface area contributed by atoms with Crippen LogP contribution in [0, 0.1) is 0 Å². The minimum Gasteiger partial charge on any atom is -0.296 e. The normalized spacial score (nSPS) is 10.8. The molecule has 17 heavy (non-hydrogen) atoms. The lowest BCUT2D eigenvalue weighted by Crippen LogP contribution is -2.07. The fourth-order valence-corrected chi connectivity index (χ4v) is 1.73. The Bertz CT molecular complexity index is 531. The molecule has 0 N–H and O–H groups in total. The average Bonchev–Trinajstić information content (AvgIpc) is 2.73. The number of aldehydes is 1. The smallest absolute Gasteiger partial charge is 0.170 e. The number of halogens is 1. The molecular formula is C12H12ClN3O. The molecule has 0 saturated carbocycles. The molecule has 0 fully saturated rings. The molecule has 4 nitrogen and oxygen atoms in total. The number of rotatable bonds is 3. The molecule has 0 saturated heterocycles. The van der Waals surface area contributed by atoms with E-state index >= 15 is 0 Å². The third-order valence-electron chi connectivity index (χ3n) is 2.45. The molecule has 1 aromatic heterocycles. The summed E-state index contributed by atoms with van der Waals surface area (Å²) >= 11 is 5.82. The monoisotopic (exact) mass is 249 g/mol. The lowest BCUT2D eigenvalue weighted by molar-refractivity contribution is 0.111. The van der Waals surface area contributed by atoms with Crippen molar-refractivity contribution in [2.75, 3.05) is 0 Å². The molecule has 0 aliphatic carbocycles. The van der Waals surface area contributed by atoms with Crippen molar-refractivity contribution in [3.8, 4) is 11.3 Å². The highest BCUT2D eigenvalue weighted by Gasteiger charge is 2.15. The van der Waals surface area contributed by atoms with Crippen molar-refractivity contribution in [2.45, 2.75) is 19.9 Å². The summed E-state index contributed by atoms with van der Waals surface area (Å²) in [5.41, 5.74) is 1.91. The summed E-state index contributed by atoms with van der Waals surface area (Å²) in [6, 6.07) is 7.28. The maximum absolute atomic E-state index is 11.1. The molecule has 0 aliphatic rings. The second-order valence-electron chi connectivity index (χ2n) is 3.99. The molecule has 0 amide bonds. The van der Waals surface area contributed by atoms with Gasteiger partial charge in [0.15, 0.2) is 6.29 Å². The molecule has 5 heteroatoms. The zero-order valence-corrected chi connectivity index (χ0v) is 10.3. The van der Waals surface area contributed by atoms with Gasteiger partial charge in [0.05, 0.1) is 0 Å². The van der Waals surface area contributed by atoms with Crippen molar-refractivity contribution < 1.29 is 4.79 Å². The lowest BCUT2D eigenvalue weighted by Gasteiger charge is -2.05. The van der Waals surface area contributed by atoms with Gasteiger partial charge in [0.2, 0.25) is 0 Å². The van der Waals surface area contributed by atoms with Crippen molar-refractivity contribution in [1.29, 1.82) is 0 Å². The predicted molar refractivity (Wildman–Crippen MR) is 66.2 cm³/mol. The van der Waals surface area contributed by atoms with Crippen molar-refractivity contribution >= 4 is 17.9 Å². The fraction of sp³-hybridized carbons (Fsp3) is 0.250. The molecule has 0 spiro atoms. The first-order chi connectivity index (χ1) is 8.13. The number of nitrogens with zero attached hydrogens (tertiary/aromatic N) is 3. The highest BCUT2D eigenvalue weighted by molar-refractivity contribution is 6.30. The topological polar surface area (TPSA) is 47.8 Å². The number of carbonyl (C=O) groups excluding carboxylic acids is 1. The van der Waals surface area contributed by atoms with Gasteiger partial charge in [0.25, 0.3) is 0 Å². The van der Waals surface area contributed by atoms with Crippen molar-refractivity contribution in [3.05, 3.63) is 35.0 Å². The third-order valence-corrected chi connectivity index (χ3v) is 2.70. The van der Waals surface area contributed by atoms with Crippen LogP contribution in [0.25, 0.3) is 11.3 Å². The Labute approximate surface area is 104 Å².